The Hall–Kier alpha value is -3.89. The molecule has 1 aliphatic heterocycles. The molecule has 3 aromatic carbocycles. The van der Waals surface area contributed by atoms with E-state index in [1.54, 1.807) is 24.3 Å². The molecule has 0 radical (unpaired) electrons. The van der Waals surface area contributed by atoms with E-state index in [4.69, 9.17) is 9.47 Å². The van der Waals surface area contributed by atoms with Gasteiger partial charge in [-0.05, 0) is 54.3 Å². The van der Waals surface area contributed by atoms with Crippen LogP contribution in [0, 0.1) is 0 Å². The largest absolute Gasteiger partial charge is 0.493 e. The minimum atomic E-state index is -4.06. The number of nitrogens with one attached hydrogen (secondary N) is 3. The molecule has 3 aromatic rings. The molecule has 0 spiro atoms. The van der Waals surface area contributed by atoms with Gasteiger partial charge in [-0.1, -0.05) is 30.3 Å². The van der Waals surface area contributed by atoms with Crippen LogP contribution in [0.5, 0.6) is 11.5 Å². The van der Waals surface area contributed by atoms with Crippen LogP contribution in [0.3, 0.4) is 0 Å². The Kier molecular flexibility index (Phi) is 7.56. The summed E-state index contributed by atoms with van der Waals surface area (Å²) in [5.41, 5.74) is 2.55. The molecule has 0 unspecified atom stereocenters. The van der Waals surface area contributed by atoms with Crippen molar-refractivity contribution in [2.24, 2.45) is 0 Å². The van der Waals surface area contributed by atoms with E-state index in [0.717, 1.165) is 11.1 Å². The normalized spacial score (nSPS) is 13.8. The van der Waals surface area contributed by atoms with Crippen molar-refractivity contribution >= 4 is 33.2 Å². The number of amides is 2. The topological polar surface area (TPSA) is 123 Å². The van der Waals surface area contributed by atoms with Crippen molar-refractivity contribution in [1.82, 2.24) is 4.72 Å². The Morgan fingerprint density at radius 2 is 1.72 bits per heavy atom. The molecule has 3 N–H and O–H groups in total. The van der Waals surface area contributed by atoms with E-state index in [1.807, 2.05) is 30.3 Å². The summed E-state index contributed by atoms with van der Waals surface area (Å²) in [5, 5.41) is 5.51. The number of methoxy groups -OCH3 is 2. The number of rotatable bonds is 9. The summed E-state index contributed by atoms with van der Waals surface area (Å²) in [4.78, 5) is 24.9. The molecular formula is C26H27N3O6S. The summed E-state index contributed by atoms with van der Waals surface area (Å²) < 4.78 is 39.7. The average Bonchev–Trinajstić information content (AvgIpc) is 2.88. The van der Waals surface area contributed by atoms with Crippen LogP contribution in [0.4, 0.5) is 11.4 Å². The molecule has 0 aliphatic carbocycles. The van der Waals surface area contributed by atoms with Gasteiger partial charge in [0.25, 0.3) is 0 Å². The SMILES string of the molecule is COc1ccc(NC(=O)[C@H](Cc2ccccc2)NS(=O)(=O)c2ccc3c(c2)CCC(=O)N3)cc1OC. The van der Waals surface area contributed by atoms with Gasteiger partial charge in [-0.25, -0.2) is 8.42 Å². The molecule has 1 aliphatic rings. The number of anilines is 2. The standard InChI is InChI=1S/C26H27N3O6S/c1-34-23-12-9-19(16-24(23)35-2)27-26(31)22(14-17-6-4-3-5-7-17)29-36(32,33)20-10-11-21-18(15-20)8-13-25(30)28-21/h3-7,9-12,15-16,22,29H,8,13-14H2,1-2H3,(H,27,31)(H,28,30)/t22-/m0/s1. The van der Waals surface area contributed by atoms with Crippen LogP contribution in [0.15, 0.2) is 71.6 Å². The zero-order valence-corrected chi connectivity index (χ0v) is 20.7. The number of aryl methyl sites for hydroxylation is 1. The van der Waals surface area contributed by atoms with E-state index in [2.05, 4.69) is 15.4 Å². The Balaban J connectivity index is 1.59. The van der Waals surface area contributed by atoms with Gasteiger partial charge in [0.2, 0.25) is 21.8 Å². The lowest BCUT2D eigenvalue weighted by Crippen LogP contribution is -2.45. The Morgan fingerprint density at radius 3 is 2.44 bits per heavy atom. The van der Waals surface area contributed by atoms with E-state index in [0.29, 0.717) is 29.3 Å². The maximum atomic E-state index is 13.3. The quantitative estimate of drug-likeness (QED) is 0.407. The molecule has 0 aromatic heterocycles. The van der Waals surface area contributed by atoms with Gasteiger partial charge in [0.1, 0.15) is 6.04 Å². The molecular weight excluding hydrogens is 482 g/mol. The number of benzene rings is 3. The smallest absolute Gasteiger partial charge is 0.242 e. The van der Waals surface area contributed by atoms with Gasteiger partial charge in [0.05, 0.1) is 19.1 Å². The summed E-state index contributed by atoms with van der Waals surface area (Å²) in [7, 11) is -1.06. The number of carbonyl (C=O) groups excluding carboxylic acids is 2. The number of hydrogen-bond donors (Lipinski definition) is 3. The van der Waals surface area contributed by atoms with Crippen LogP contribution in [-0.4, -0.2) is 40.5 Å². The van der Waals surface area contributed by atoms with Crippen molar-refractivity contribution in [3.63, 3.8) is 0 Å². The van der Waals surface area contributed by atoms with E-state index in [9.17, 15) is 18.0 Å². The number of sulfonamides is 1. The van der Waals surface area contributed by atoms with Crippen LogP contribution < -0.4 is 24.8 Å². The molecule has 1 heterocycles. The molecule has 0 fully saturated rings. The highest BCUT2D eigenvalue weighted by Crippen LogP contribution is 2.30. The molecule has 0 bridgehead atoms. The maximum Gasteiger partial charge on any atom is 0.242 e. The third-order valence-corrected chi connectivity index (χ3v) is 7.30. The molecule has 0 saturated heterocycles. The zero-order valence-electron chi connectivity index (χ0n) is 19.9. The van der Waals surface area contributed by atoms with E-state index in [1.165, 1.54) is 26.4 Å². The zero-order chi connectivity index (χ0) is 25.7. The number of carbonyl (C=O) groups is 2. The Labute approximate surface area is 209 Å². The van der Waals surface area contributed by atoms with Crippen LogP contribution >= 0.6 is 0 Å². The first-order chi connectivity index (χ1) is 17.3. The second-order valence-corrected chi connectivity index (χ2v) is 10.0. The van der Waals surface area contributed by atoms with Gasteiger partial charge in [-0.2, -0.15) is 4.72 Å². The number of hydrogen-bond acceptors (Lipinski definition) is 6. The highest BCUT2D eigenvalue weighted by atomic mass is 32.2. The van der Waals surface area contributed by atoms with Crippen molar-refractivity contribution in [2.75, 3.05) is 24.9 Å². The van der Waals surface area contributed by atoms with Gasteiger partial charge in [-0.3, -0.25) is 9.59 Å². The fourth-order valence-electron chi connectivity index (χ4n) is 3.96. The number of fused-ring (bicyclic) bond motifs is 1. The van der Waals surface area contributed by atoms with Crippen molar-refractivity contribution in [1.29, 1.82) is 0 Å². The fraction of sp³-hybridized carbons (Fsp3) is 0.231. The second-order valence-electron chi connectivity index (χ2n) is 8.29. The number of ether oxygens (including phenoxy) is 2. The van der Waals surface area contributed by atoms with Crippen LogP contribution in [0.1, 0.15) is 17.5 Å². The van der Waals surface area contributed by atoms with Crippen molar-refractivity contribution in [3.8, 4) is 11.5 Å². The summed E-state index contributed by atoms with van der Waals surface area (Å²) >= 11 is 0. The molecule has 188 valence electrons. The molecule has 0 saturated carbocycles. The van der Waals surface area contributed by atoms with Gasteiger partial charge < -0.3 is 20.1 Å². The van der Waals surface area contributed by atoms with Gasteiger partial charge >= 0.3 is 0 Å². The predicted molar refractivity (Wildman–Crippen MR) is 136 cm³/mol. The molecule has 1 atom stereocenters. The molecule has 9 nitrogen and oxygen atoms in total. The third kappa shape index (κ3) is 5.84. The highest BCUT2D eigenvalue weighted by molar-refractivity contribution is 7.89. The third-order valence-electron chi connectivity index (χ3n) is 5.83. The lowest BCUT2D eigenvalue weighted by molar-refractivity contribution is -0.118. The highest BCUT2D eigenvalue weighted by Gasteiger charge is 2.28. The average molecular weight is 510 g/mol. The summed E-state index contributed by atoms with van der Waals surface area (Å²) in [6.07, 6.45) is 0.867. The van der Waals surface area contributed by atoms with Crippen molar-refractivity contribution in [3.05, 3.63) is 77.9 Å². The van der Waals surface area contributed by atoms with Gasteiger partial charge in [0, 0.05) is 23.9 Å². The van der Waals surface area contributed by atoms with Crippen LogP contribution in [0.2, 0.25) is 0 Å². The van der Waals surface area contributed by atoms with Crippen molar-refractivity contribution in [2.45, 2.75) is 30.2 Å². The Bertz CT molecular complexity index is 1380. The van der Waals surface area contributed by atoms with E-state index < -0.39 is 22.0 Å². The van der Waals surface area contributed by atoms with Gasteiger partial charge in [0.15, 0.2) is 11.5 Å². The first-order valence-electron chi connectivity index (χ1n) is 11.3. The second kappa shape index (κ2) is 10.8. The lowest BCUT2D eigenvalue weighted by atomic mass is 10.0. The van der Waals surface area contributed by atoms with Crippen molar-refractivity contribution < 1.29 is 27.5 Å². The lowest BCUT2D eigenvalue weighted by Gasteiger charge is -2.21. The molecule has 4 rings (SSSR count). The summed E-state index contributed by atoms with van der Waals surface area (Å²) in [5.74, 6) is 0.295. The first kappa shape index (κ1) is 25.2. The minimum Gasteiger partial charge on any atom is -0.493 e. The van der Waals surface area contributed by atoms with Crippen LogP contribution in [0.25, 0.3) is 0 Å². The van der Waals surface area contributed by atoms with E-state index in [-0.39, 0.29) is 23.6 Å². The monoisotopic (exact) mass is 509 g/mol. The van der Waals surface area contributed by atoms with Crippen LogP contribution in [-0.2, 0) is 32.5 Å². The minimum absolute atomic E-state index is 0.0226. The van der Waals surface area contributed by atoms with Gasteiger partial charge in [-0.15, -0.1) is 0 Å². The first-order valence-corrected chi connectivity index (χ1v) is 12.8. The summed E-state index contributed by atoms with van der Waals surface area (Å²) in [6.45, 7) is 0. The molecule has 36 heavy (non-hydrogen) atoms. The summed E-state index contributed by atoms with van der Waals surface area (Å²) in [6, 6.07) is 17.5. The predicted octanol–water partition coefficient (Wildman–Crippen LogP) is 3.12. The Morgan fingerprint density at radius 1 is 0.972 bits per heavy atom. The molecule has 10 heteroatoms. The molecule has 2 amide bonds. The maximum absolute atomic E-state index is 13.3. The van der Waals surface area contributed by atoms with E-state index >= 15 is 0 Å². The fourth-order valence-corrected chi connectivity index (χ4v) is 5.21.